The number of nitrogens with zero attached hydrogens (tertiary/aromatic N) is 4. The summed E-state index contributed by atoms with van der Waals surface area (Å²) in [6.45, 7) is 4.80. The minimum atomic E-state index is -0.994. The highest BCUT2D eigenvalue weighted by atomic mass is 16.2. The molecule has 1 N–H and O–H groups in total. The number of carbonyl (C=O) groups is 4. The fourth-order valence-corrected chi connectivity index (χ4v) is 3.40. The van der Waals surface area contributed by atoms with Gasteiger partial charge in [-0.1, -0.05) is 6.07 Å². The number of carbonyl (C=O) groups excluding carboxylic acids is 4. The molecule has 0 unspecified atom stereocenters. The minimum Gasteiger partial charge on any atom is -0.341 e. The quantitative estimate of drug-likeness (QED) is 0.734. The molecule has 0 saturated carbocycles. The summed E-state index contributed by atoms with van der Waals surface area (Å²) in [6, 6.07) is 3.10. The predicted molar refractivity (Wildman–Crippen MR) is 100 cm³/mol. The Hall–Kier alpha value is -2.97. The second-order valence-corrected chi connectivity index (χ2v) is 7.60. The zero-order valence-corrected chi connectivity index (χ0v) is 16.2. The monoisotopic (exact) mass is 387 g/mol. The van der Waals surface area contributed by atoms with Crippen LogP contribution in [-0.2, 0) is 20.8 Å². The van der Waals surface area contributed by atoms with Crippen LogP contribution in [0.3, 0.4) is 0 Å². The molecule has 1 aromatic rings. The van der Waals surface area contributed by atoms with Crippen molar-refractivity contribution >= 4 is 23.8 Å². The number of nitrogens with one attached hydrogen (secondary N) is 1. The highest BCUT2D eigenvalue weighted by molar-refractivity contribution is 6.08. The number of hydrogen-bond donors (Lipinski definition) is 1. The number of urea groups is 1. The van der Waals surface area contributed by atoms with Gasteiger partial charge < -0.3 is 15.1 Å². The lowest BCUT2D eigenvalue weighted by Crippen LogP contribution is -2.45. The van der Waals surface area contributed by atoms with E-state index in [-0.39, 0.29) is 24.8 Å². The molecule has 2 aliphatic heterocycles. The third-order valence-corrected chi connectivity index (χ3v) is 5.02. The molecule has 2 aliphatic rings. The van der Waals surface area contributed by atoms with Crippen molar-refractivity contribution in [3.63, 3.8) is 0 Å². The molecular formula is C19H25N5O4. The molecule has 3 rings (SSSR count). The van der Waals surface area contributed by atoms with Crippen LogP contribution in [0.5, 0.6) is 0 Å². The Kier molecular flexibility index (Phi) is 5.62. The molecule has 150 valence electrons. The molecule has 0 bridgehead atoms. The van der Waals surface area contributed by atoms with E-state index in [0.717, 1.165) is 10.5 Å². The van der Waals surface area contributed by atoms with Crippen LogP contribution < -0.4 is 5.32 Å². The van der Waals surface area contributed by atoms with Gasteiger partial charge in [0, 0.05) is 38.6 Å². The second-order valence-electron chi connectivity index (χ2n) is 7.60. The van der Waals surface area contributed by atoms with Gasteiger partial charge in [0.15, 0.2) is 0 Å². The van der Waals surface area contributed by atoms with E-state index >= 15 is 0 Å². The van der Waals surface area contributed by atoms with Crippen LogP contribution in [-0.4, -0.2) is 81.7 Å². The summed E-state index contributed by atoms with van der Waals surface area (Å²) in [6.07, 6.45) is 4.26. The fourth-order valence-electron chi connectivity index (χ4n) is 3.40. The molecule has 0 spiro atoms. The van der Waals surface area contributed by atoms with Crippen LogP contribution in [0.15, 0.2) is 24.5 Å². The van der Waals surface area contributed by atoms with Gasteiger partial charge in [0.25, 0.3) is 5.91 Å². The maximum atomic E-state index is 12.6. The molecule has 1 aromatic heterocycles. The first-order chi connectivity index (χ1) is 13.3. The highest BCUT2D eigenvalue weighted by Gasteiger charge is 2.45. The van der Waals surface area contributed by atoms with Crippen molar-refractivity contribution in [3.8, 4) is 0 Å². The normalized spacial score (nSPS) is 19.4. The molecule has 0 radical (unpaired) electrons. The Bertz CT molecular complexity index is 780. The van der Waals surface area contributed by atoms with E-state index in [2.05, 4.69) is 10.3 Å². The number of imide groups is 1. The summed E-state index contributed by atoms with van der Waals surface area (Å²) in [5.41, 5.74) is -0.142. The fraction of sp³-hybridized carbons (Fsp3) is 0.526. The second kappa shape index (κ2) is 7.95. The molecular weight excluding hydrogens is 362 g/mol. The topological polar surface area (TPSA) is 103 Å². The van der Waals surface area contributed by atoms with Gasteiger partial charge >= 0.3 is 6.03 Å². The minimum absolute atomic E-state index is 0.00172. The number of aromatic nitrogens is 1. The van der Waals surface area contributed by atoms with Crippen molar-refractivity contribution in [3.05, 3.63) is 30.1 Å². The molecule has 0 aromatic carbocycles. The molecule has 0 aliphatic carbocycles. The van der Waals surface area contributed by atoms with Gasteiger partial charge in [-0.2, -0.15) is 0 Å². The van der Waals surface area contributed by atoms with E-state index in [1.165, 1.54) is 0 Å². The number of pyridine rings is 1. The van der Waals surface area contributed by atoms with Gasteiger partial charge in [-0.05, 0) is 31.9 Å². The number of rotatable bonds is 4. The van der Waals surface area contributed by atoms with Crippen LogP contribution in [0.2, 0.25) is 0 Å². The van der Waals surface area contributed by atoms with Gasteiger partial charge in [0.05, 0.1) is 6.42 Å². The Labute approximate surface area is 163 Å². The Balaban J connectivity index is 1.55. The summed E-state index contributed by atoms with van der Waals surface area (Å²) in [5.74, 6) is -0.699. The average molecular weight is 387 g/mol. The lowest BCUT2D eigenvalue weighted by atomic mass is 10.1. The van der Waals surface area contributed by atoms with Crippen molar-refractivity contribution in [2.24, 2.45) is 0 Å². The number of amides is 5. The van der Waals surface area contributed by atoms with Gasteiger partial charge in [0.2, 0.25) is 11.8 Å². The Morgan fingerprint density at radius 2 is 1.79 bits per heavy atom. The van der Waals surface area contributed by atoms with E-state index in [4.69, 9.17) is 0 Å². The predicted octanol–water partition coefficient (Wildman–Crippen LogP) is 0.0154. The largest absolute Gasteiger partial charge is 0.341 e. The van der Waals surface area contributed by atoms with E-state index < -0.39 is 17.5 Å². The molecule has 2 saturated heterocycles. The summed E-state index contributed by atoms with van der Waals surface area (Å²) in [4.78, 5) is 57.7. The third kappa shape index (κ3) is 4.29. The van der Waals surface area contributed by atoms with Crippen molar-refractivity contribution < 1.29 is 19.2 Å². The van der Waals surface area contributed by atoms with Gasteiger partial charge in [0.1, 0.15) is 12.1 Å². The maximum absolute atomic E-state index is 12.6. The van der Waals surface area contributed by atoms with E-state index in [1.54, 1.807) is 42.1 Å². The smallest absolute Gasteiger partial charge is 0.325 e. The number of hydrogen-bond acceptors (Lipinski definition) is 5. The lowest BCUT2D eigenvalue weighted by molar-refractivity contribution is -0.138. The van der Waals surface area contributed by atoms with Gasteiger partial charge in [-0.3, -0.25) is 24.3 Å². The lowest BCUT2D eigenvalue weighted by Gasteiger charge is -2.24. The molecule has 28 heavy (non-hydrogen) atoms. The van der Waals surface area contributed by atoms with Crippen LogP contribution >= 0.6 is 0 Å². The SMILES string of the molecule is CC1(C)NC(=O)N(CC(=O)N2CCCN(C(=O)Cc3cccnc3)CC2)C1=O. The van der Waals surface area contributed by atoms with Crippen LogP contribution in [0, 0.1) is 0 Å². The summed E-state index contributed by atoms with van der Waals surface area (Å²) in [7, 11) is 0. The first-order valence-corrected chi connectivity index (χ1v) is 9.36. The van der Waals surface area contributed by atoms with Crippen molar-refractivity contribution in [1.29, 1.82) is 0 Å². The molecule has 9 nitrogen and oxygen atoms in total. The Morgan fingerprint density at radius 1 is 1.11 bits per heavy atom. The van der Waals surface area contributed by atoms with Crippen LogP contribution in [0.25, 0.3) is 0 Å². The standard InChI is InChI=1S/C19H25N5O4/c1-19(2)17(27)24(18(28)21-19)13-16(26)23-8-4-7-22(9-10-23)15(25)11-14-5-3-6-20-12-14/h3,5-6,12H,4,7-11,13H2,1-2H3,(H,21,28). The average Bonchev–Trinajstić information content (AvgIpc) is 2.85. The van der Waals surface area contributed by atoms with Crippen LogP contribution in [0.1, 0.15) is 25.8 Å². The van der Waals surface area contributed by atoms with E-state index in [9.17, 15) is 19.2 Å². The highest BCUT2D eigenvalue weighted by Crippen LogP contribution is 2.17. The van der Waals surface area contributed by atoms with Crippen molar-refractivity contribution in [1.82, 2.24) is 25.0 Å². The van der Waals surface area contributed by atoms with Crippen LogP contribution in [0.4, 0.5) is 4.79 Å². The molecule has 3 heterocycles. The zero-order chi connectivity index (χ0) is 20.3. The summed E-state index contributed by atoms with van der Waals surface area (Å²) < 4.78 is 0. The molecule has 2 fully saturated rings. The first kappa shape index (κ1) is 19.8. The zero-order valence-electron chi connectivity index (χ0n) is 16.2. The van der Waals surface area contributed by atoms with Gasteiger partial charge in [-0.15, -0.1) is 0 Å². The summed E-state index contributed by atoms with van der Waals surface area (Å²) in [5, 5.41) is 2.57. The maximum Gasteiger partial charge on any atom is 0.325 e. The van der Waals surface area contributed by atoms with Crippen molar-refractivity contribution in [2.75, 3.05) is 32.7 Å². The first-order valence-electron chi connectivity index (χ1n) is 9.36. The Morgan fingerprint density at radius 3 is 2.36 bits per heavy atom. The molecule has 9 heteroatoms. The third-order valence-electron chi connectivity index (χ3n) is 5.02. The van der Waals surface area contributed by atoms with Gasteiger partial charge in [-0.25, -0.2) is 4.79 Å². The summed E-state index contributed by atoms with van der Waals surface area (Å²) >= 11 is 0. The van der Waals surface area contributed by atoms with E-state index in [1.807, 2.05) is 6.07 Å². The molecule has 0 atom stereocenters. The van der Waals surface area contributed by atoms with E-state index in [0.29, 0.717) is 32.6 Å². The van der Waals surface area contributed by atoms with Crippen molar-refractivity contribution in [2.45, 2.75) is 32.2 Å². The molecule has 5 amide bonds.